The summed E-state index contributed by atoms with van der Waals surface area (Å²) < 4.78 is 38.9. The maximum Gasteiger partial charge on any atom is 0.227 e. The first-order chi connectivity index (χ1) is 22.1. The topological polar surface area (TPSA) is 172 Å². The SMILES string of the molecule is CS(=O)(=O)C(N)c1cc(F)cc(-c2ccnc3[nH]c(-c4n[nH]c5ncc(-c6cncc(NC(=O)C7CCCCC7)c6)cc45)cc23)c1. The van der Waals surface area contributed by atoms with Crippen LogP contribution in [0.1, 0.15) is 43.0 Å². The van der Waals surface area contributed by atoms with Crippen LogP contribution in [0.15, 0.2) is 67.3 Å². The number of sulfone groups is 1. The lowest BCUT2D eigenvalue weighted by Gasteiger charge is -2.20. The van der Waals surface area contributed by atoms with Gasteiger partial charge in [0.25, 0.3) is 0 Å². The summed E-state index contributed by atoms with van der Waals surface area (Å²) in [6.07, 6.45) is 12.9. The van der Waals surface area contributed by atoms with E-state index in [0.29, 0.717) is 44.9 Å². The number of carbonyl (C=O) groups is 1. The summed E-state index contributed by atoms with van der Waals surface area (Å²) >= 11 is 0. The number of anilines is 1. The van der Waals surface area contributed by atoms with Crippen molar-refractivity contribution < 1.29 is 17.6 Å². The molecule has 5 aromatic heterocycles. The quantitative estimate of drug-likeness (QED) is 0.168. The molecule has 0 bridgehead atoms. The third kappa shape index (κ3) is 5.74. The number of pyridine rings is 3. The molecule has 1 unspecified atom stereocenters. The molecule has 0 radical (unpaired) electrons. The minimum Gasteiger partial charge on any atom is -0.338 e. The van der Waals surface area contributed by atoms with E-state index in [2.05, 4.69) is 35.5 Å². The van der Waals surface area contributed by atoms with Crippen LogP contribution in [0.25, 0.3) is 55.7 Å². The molecular formula is C33H31FN8O3S. The van der Waals surface area contributed by atoms with Gasteiger partial charge in [0.2, 0.25) is 5.91 Å². The number of nitrogens with zero attached hydrogens (tertiary/aromatic N) is 4. The van der Waals surface area contributed by atoms with E-state index in [1.165, 1.54) is 12.5 Å². The van der Waals surface area contributed by atoms with Gasteiger partial charge in [-0.15, -0.1) is 0 Å². The zero-order valence-electron chi connectivity index (χ0n) is 24.9. The fourth-order valence-electron chi connectivity index (χ4n) is 6.13. The number of carbonyl (C=O) groups excluding carboxylic acids is 1. The fraction of sp³-hybridized carbons (Fsp3) is 0.242. The highest BCUT2D eigenvalue weighted by molar-refractivity contribution is 7.90. The van der Waals surface area contributed by atoms with E-state index in [-0.39, 0.29) is 17.4 Å². The van der Waals surface area contributed by atoms with E-state index < -0.39 is 21.0 Å². The van der Waals surface area contributed by atoms with Gasteiger partial charge in [0.05, 0.1) is 17.6 Å². The number of benzene rings is 1. The minimum atomic E-state index is -3.64. The van der Waals surface area contributed by atoms with E-state index in [9.17, 15) is 17.6 Å². The van der Waals surface area contributed by atoms with Gasteiger partial charge in [0, 0.05) is 52.7 Å². The molecule has 1 aliphatic carbocycles. The molecular weight excluding hydrogens is 607 g/mol. The van der Waals surface area contributed by atoms with Crippen LogP contribution in [0.5, 0.6) is 0 Å². The molecule has 0 spiro atoms. The van der Waals surface area contributed by atoms with Crippen LogP contribution >= 0.6 is 0 Å². The first-order valence-electron chi connectivity index (χ1n) is 15.0. The number of halogens is 1. The lowest BCUT2D eigenvalue weighted by molar-refractivity contribution is -0.120. The van der Waals surface area contributed by atoms with Crippen molar-refractivity contribution in [3.63, 3.8) is 0 Å². The molecule has 0 aliphatic heterocycles. The summed E-state index contributed by atoms with van der Waals surface area (Å²) in [5.74, 6) is -0.538. The Balaban J connectivity index is 1.23. The van der Waals surface area contributed by atoms with Crippen molar-refractivity contribution in [3.8, 4) is 33.6 Å². The molecule has 234 valence electrons. The van der Waals surface area contributed by atoms with Gasteiger partial charge >= 0.3 is 0 Å². The van der Waals surface area contributed by atoms with Gasteiger partial charge in [0.1, 0.15) is 22.5 Å². The number of rotatable bonds is 7. The molecule has 7 rings (SSSR count). The molecule has 6 aromatic rings. The van der Waals surface area contributed by atoms with Gasteiger partial charge in [0.15, 0.2) is 15.5 Å². The van der Waals surface area contributed by atoms with Crippen molar-refractivity contribution in [1.82, 2.24) is 30.1 Å². The summed E-state index contributed by atoms with van der Waals surface area (Å²) in [7, 11) is -3.64. The minimum absolute atomic E-state index is 0.0308. The molecule has 1 atom stereocenters. The Bertz CT molecular complexity index is 2220. The van der Waals surface area contributed by atoms with Crippen LogP contribution in [0, 0.1) is 11.7 Å². The van der Waals surface area contributed by atoms with Crippen molar-refractivity contribution in [2.75, 3.05) is 11.6 Å². The highest BCUT2D eigenvalue weighted by Crippen LogP contribution is 2.35. The second-order valence-electron chi connectivity index (χ2n) is 11.8. The Morgan fingerprint density at radius 2 is 1.76 bits per heavy atom. The molecule has 1 amide bonds. The number of H-pyrrole nitrogens is 2. The number of nitrogens with two attached hydrogens (primary N) is 1. The number of amides is 1. The zero-order valence-corrected chi connectivity index (χ0v) is 25.7. The third-order valence-corrected chi connectivity index (χ3v) is 9.73. The Kier molecular flexibility index (Phi) is 7.57. The lowest BCUT2D eigenvalue weighted by Crippen LogP contribution is -2.24. The van der Waals surface area contributed by atoms with Gasteiger partial charge in [-0.05, 0) is 72.0 Å². The number of fused-ring (bicyclic) bond motifs is 2. The molecule has 1 fully saturated rings. The van der Waals surface area contributed by atoms with Crippen LogP contribution in [-0.4, -0.2) is 50.7 Å². The average molecular weight is 639 g/mol. The van der Waals surface area contributed by atoms with Gasteiger partial charge in [-0.3, -0.25) is 14.9 Å². The summed E-state index contributed by atoms with van der Waals surface area (Å²) in [6, 6.07) is 11.5. The number of hydrogen-bond donors (Lipinski definition) is 4. The molecule has 46 heavy (non-hydrogen) atoms. The summed E-state index contributed by atoms with van der Waals surface area (Å²) in [6.45, 7) is 0. The second-order valence-corrected chi connectivity index (χ2v) is 14.0. The van der Waals surface area contributed by atoms with Crippen LogP contribution in [-0.2, 0) is 14.6 Å². The maximum absolute atomic E-state index is 14.7. The lowest BCUT2D eigenvalue weighted by atomic mass is 9.88. The van der Waals surface area contributed by atoms with E-state index >= 15 is 0 Å². The Labute approximate surface area is 263 Å². The van der Waals surface area contributed by atoms with Crippen LogP contribution in [0.4, 0.5) is 10.1 Å². The fourth-order valence-corrected chi connectivity index (χ4v) is 6.76. The number of hydrogen-bond acceptors (Lipinski definition) is 8. The first kappa shape index (κ1) is 29.7. The highest BCUT2D eigenvalue weighted by atomic mass is 32.2. The van der Waals surface area contributed by atoms with Crippen molar-refractivity contribution >= 4 is 43.5 Å². The van der Waals surface area contributed by atoms with Gasteiger partial charge in [-0.2, -0.15) is 5.10 Å². The number of nitrogens with one attached hydrogen (secondary N) is 3. The van der Waals surface area contributed by atoms with Gasteiger partial charge < -0.3 is 16.0 Å². The van der Waals surface area contributed by atoms with E-state index in [0.717, 1.165) is 54.5 Å². The first-order valence-corrected chi connectivity index (χ1v) is 16.9. The average Bonchev–Trinajstić information content (AvgIpc) is 3.68. The monoisotopic (exact) mass is 638 g/mol. The van der Waals surface area contributed by atoms with Crippen molar-refractivity contribution in [2.45, 2.75) is 37.5 Å². The maximum atomic E-state index is 14.7. The predicted molar refractivity (Wildman–Crippen MR) is 175 cm³/mol. The summed E-state index contributed by atoms with van der Waals surface area (Å²) in [4.78, 5) is 29.5. The van der Waals surface area contributed by atoms with Gasteiger partial charge in [-0.25, -0.2) is 22.8 Å². The second kappa shape index (κ2) is 11.7. The number of aromatic nitrogens is 6. The van der Waals surface area contributed by atoms with Gasteiger partial charge in [-0.1, -0.05) is 19.3 Å². The van der Waals surface area contributed by atoms with Crippen molar-refractivity contribution in [1.29, 1.82) is 0 Å². The Morgan fingerprint density at radius 1 is 0.957 bits per heavy atom. The highest BCUT2D eigenvalue weighted by Gasteiger charge is 2.23. The van der Waals surface area contributed by atoms with E-state index in [1.54, 1.807) is 36.9 Å². The molecule has 5 heterocycles. The predicted octanol–water partition coefficient (Wildman–Crippen LogP) is 5.89. The van der Waals surface area contributed by atoms with Crippen molar-refractivity contribution in [3.05, 3.63) is 78.6 Å². The van der Waals surface area contributed by atoms with Crippen LogP contribution in [0.3, 0.4) is 0 Å². The zero-order chi connectivity index (χ0) is 32.0. The van der Waals surface area contributed by atoms with Crippen molar-refractivity contribution in [2.24, 2.45) is 11.7 Å². The Hall–Kier alpha value is -5.01. The molecule has 1 saturated carbocycles. The third-order valence-electron chi connectivity index (χ3n) is 8.54. The molecule has 1 aliphatic rings. The number of aromatic amines is 2. The molecule has 11 nitrogen and oxygen atoms in total. The molecule has 13 heteroatoms. The van der Waals surface area contributed by atoms with Crippen LogP contribution in [0.2, 0.25) is 0 Å². The smallest absolute Gasteiger partial charge is 0.227 e. The normalized spacial score (nSPS) is 14.9. The van der Waals surface area contributed by atoms with E-state index in [1.807, 2.05) is 18.2 Å². The molecule has 5 N–H and O–H groups in total. The van der Waals surface area contributed by atoms with Crippen LogP contribution < -0.4 is 11.1 Å². The molecule has 1 aromatic carbocycles. The largest absolute Gasteiger partial charge is 0.338 e. The standard InChI is InChI=1S/C33H31FN8O3S/c1-46(44,45)30(35)20-9-19(10-23(34)11-20)25-7-8-37-31-26(25)14-28(40-31)29-27-13-22(16-38-32(27)42-41-29)21-12-24(17-36-15-21)39-33(43)18-5-3-2-4-6-18/h7-18,30H,2-6,35H2,1H3,(H,37,40)(H,39,43)(H,38,41,42). The summed E-state index contributed by atoms with van der Waals surface area (Å²) in [5, 5.41) is 10.6. The Morgan fingerprint density at radius 3 is 2.57 bits per heavy atom. The van der Waals surface area contributed by atoms with E-state index in [4.69, 9.17) is 5.73 Å². The molecule has 0 saturated heterocycles. The summed E-state index contributed by atoms with van der Waals surface area (Å²) in [5.41, 5.74) is 11.8.